The molecule has 2 aromatic heterocycles. The first kappa shape index (κ1) is 56.3. The number of nitrogens with one attached hydrogen (secondary N) is 1. The number of fused-ring (bicyclic) bond motifs is 2. The normalized spacial score (nSPS) is 14.1. The number of piperidine rings is 2. The molecule has 77 heavy (non-hydrogen) atoms. The SMILES string of the molecule is CC(C)CBr.CC(C)Cn1c(C2CCN(C(=O)c3ccc(OCc4cccc(F)c4)c(CO)c3)CC2)nc2ccccc21.O=C(c1ccc(OCc2cccc(F)c2)c(CO)c1)N1CCC(c2nc3ccccc3[nH]2)CC1. The quantitative estimate of drug-likeness (QED) is 0.0860. The smallest absolute Gasteiger partial charge is 0.253 e. The summed E-state index contributed by atoms with van der Waals surface area (Å²) >= 11 is 3.31. The van der Waals surface area contributed by atoms with E-state index >= 15 is 0 Å². The van der Waals surface area contributed by atoms with Crippen LogP contribution in [0, 0.1) is 23.5 Å². The number of aliphatic hydroxyl groups is 2. The van der Waals surface area contributed by atoms with Crippen LogP contribution in [0.25, 0.3) is 22.1 Å². The van der Waals surface area contributed by atoms with Crippen molar-refractivity contribution >= 4 is 49.8 Å². The average molecular weight is 1110 g/mol. The maximum atomic E-state index is 13.5. The highest BCUT2D eigenvalue weighted by Crippen LogP contribution is 2.33. The molecule has 2 fully saturated rings. The first-order valence-corrected chi connectivity index (χ1v) is 27.7. The number of nitrogens with zero attached hydrogens (tertiary/aromatic N) is 5. The lowest BCUT2D eigenvalue weighted by Crippen LogP contribution is -2.38. The van der Waals surface area contributed by atoms with Gasteiger partial charge in [0.15, 0.2) is 0 Å². The molecule has 3 N–H and O–H groups in total. The van der Waals surface area contributed by atoms with Crippen molar-refractivity contribution in [2.24, 2.45) is 11.8 Å². The molecule has 2 aliphatic heterocycles. The maximum absolute atomic E-state index is 13.5. The van der Waals surface area contributed by atoms with Crippen LogP contribution in [-0.4, -0.2) is 82.9 Å². The number of amides is 2. The van der Waals surface area contributed by atoms with Crippen LogP contribution in [0.4, 0.5) is 8.78 Å². The van der Waals surface area contributed by atoms with Crippen LogP contribution < -0.4 is 9.47 Å². The van der Waals surface area contributed by atoms with Gasteiger partial charge in [-0.05, 0) is 134 Å². The molecule has 10 rings (SSSR count). The van der Waals surface area contributed by atoms with Crippen molar-refractivity contribution < 1.29 is 38.1 Å². The van der Waals surface area contributed by atoms with Crippen molar-refractivity contribution in [3.8, 4) is 11.5 Å². The highest BCUT2D eigenvalue weighted by Gasteiger charge is 2.30. The summed E-state index contributed by atoms with van der Waals surface area (Å²) in [6.07, 6.45) is 3.39. The van der Waals surface area contributed by atoms with Crippen LogP contribution in [0.1, 0.15) is 120 Å². The molecule has 2 aliphatic rings. The minimum Gasteiger partial charge on any atom is -0.489 e. The largest absolute Gasteiger partial charge is 0.489 e. The van der Waals surface area contributed by atoms with E-state index in [0.29, 0.717) is 88.8 Å². The van der Waals surface area contributed by atoms with E-state index in [1.165, 1.54) is 29.8 Å². The molecule has 15 heteroatoms. The van der Waals surface area contributed by atoms with Gasteiger partial charge in [-0.1, -0.05) is 92.2 Å². The van der Waals surface area contributed by atoms with Crippen LogP contribution in [0.3, 0.4) is 0 Å². The van der Waals surface area contributed by atoms with Gasteiger partial charge in [0.25, 0.3) is 11.8 Å². The Labute approximate surface area is 458 Å². The van der Waals surface area contributed by atoms with Crippen molar-refractivity contribution in [3.63, 3.8) is 0 Å². The summed E-state index contributed by atoms with van der Waals surface area (Å²) in [5.41, 5.74) is 7.68. The van der Waals surface area contributed by atoms with E-state index in [4.69, 9.17) is 19.4 Å². The maximum Gasteiger partial charge on any atom is 0.253 e. The molecule has 0 bridgehead atoms. The standard InChI is InChI=1S/C31H34FN3O3.C27H26FN3O3.C4H9Br/c1-21(2)18-35-28-9-4-3-8-27(28)33-30(35)23-12-14-34(15-13-23)31(37)24-10-11-29(25(17-24)19-36)38-20-22-6-5-7-26(32)16-22;28-22-5-3-4-18(14-22)17-34-25-9-8-20(15-21(25)16-32)27(33)31-12-10-19(11-13-31)26-29-23-6-1-2-7-24(23)30-26;1-4(2)3-5/h3-11,16-17,21,23,36H,12-15,18-20H2,1-2H3;1-9,14-15,19,32H,10-13,16-17H2,(H,29,30);4H,3H2,1-2H3. The third-order valence-electron chi connectivity index (χ3n) is 13.8. The van der Waals surface area contributed by atoms with Gasteiger partial charge in [-0.15, -0.1) is 0 Å². The molecule has 0 radical (unpaired) electrons. The summed E-state index contributed by atoms with van der Waals surface area (Å²) in [4.78, 5) is 43.3. The Kier molecular flexibility index (Phi) is 19.7. The second kappa shape index (κ2) is 26.9. The summed E-state index contributed by atoms with van der Waals surface area (Å²) in [7, 11) is 0. The average Bonchev–Trinajstić information content (AvgIpc) is 4.06. The van der Waals surface area contributed by atoms with Gasteiger partial charge in [0.1, 0.15) is 48.0 Å². The monoisotopic (exact) mass is 1110 g/mol. The van der Waals surface area contributed by atoms with Crippen LogP contribution in [0.5, 0.6) is 11.5 Å². The first-order valence-electron chi connectivity index (χ1n) is 26.6. The fraction of sp³-hybridized carbons (Fsp3) is 0.355. The number of carbonyl (C=O) groups is 2. The topological polar surface area (TPSA) is 146 Å². The van der Waals surface area contributed by atoms with Crippen molar-refractivity contribution in [3.05, 3.63) is 190 Å². The summed E-state index contributed by atoms with van der Waals surface area (Å²) in [5.74, 6) is 4.21. The van der Waals surface area contributed by atoms with Crippen LogP contribution in [-0.2, 0) is 33.0 Å². The molecule has 0 spiro atoms. The third kappa shape index (κ3) is 14.8. The minimum atomic E-state index is -0.325. The van der Waals surface area contributed by atoms with Gasteiger partial charge >= 0.3 is 0 Å². The van der Waals surface area contributed by atoms with Gasteiger partial charge in [-0.3, -0.25) is 9.59 Å². The van der Waals surface area contributed by atoms with Gasteiger partial charge in [-0.2, -0.15) is 0 Å². The van der Waals surface area contributed by atoms with Crippen molar-refractivity contribution in [2.45, 2.75) is 98.2 Å². The Hall–Kier alpha value is -6.94. The molecule has 2 saturated heterocycles. The molecule has 0 atom stereocenters. The highest BCUT2D eigenvalue weighted by atomic mass is 79.9. The molecule has 404 valence electrons. The molecule has 4 heterocycles. The number of H-pyrrole nitrogens is 1. The number of alkyl halides is 1. The number of likely N-dealkylation sites (tertiary alicyclic amines) is 2. The fourth-order valence-electron chi connectivity index (χ4n) is 9.72. The molecule has 6 aromatic carbocycles. The number of benzene rings is 6. The predicted molar refractivity (Wildman–Crippen MR) is 301 cm³/mol. The van der Waals surface area contributed by atoms with E-state index in [1.54, 1.807) is 60.7 Å². The van der Waals surface area contributed by atoms with Gasteiger partial charge in [0, 0.05) is 72.1 Å². The number of rotatable bonds is 15. The Morgan fingerprint density at radius 1 is 0.623 bits per heavy atom. The fourth-order valence-corrected chi connectivity index (χ4v) is 9.72. The zero-order chi connectivity index (χ0) is 54.4. The summed E-state index contributed by atoms with van der Waals surface area (Å²) < 4.78 is 40.8. The zero-order valence-electron chi connectivity index (χ0n) is 44.3. The van der Waals surface area contributed by atoms with Crippen molar-refractivity contribution in [1.29, 1.82) is 0 Å². The number of ether oxygens (including phenoxy) is 2. The predicted octanol–water partition coefficient (Wildman–Crippen LogP) is 12.8. The van der Waals surface area contributed by atoms with Gasteiger partial charge in [0.2, 0.25) is 0 Å². The number of aliphatic hydroxyl groups excluding tert-OH is 2. The first-order chi connectivity index (χ1) is 37.3. The summed E-state index contributed by atoms with van der Waals surface area (Å²) in [6.45, 7) is 12.1. The lowest BCUT2D eigenvalue weighted by molar-refractivity contribution is 0.0703. The molecule has 2 amide bonds. The lowest BCUT2D eigenvalue weighted by Gasteiger charge is -2.32. The van der Waals surface area contributed by atoms with Crippen molar-refractivity contribution in [1.82, 2.24) is 29.3 Å². The number of para-hydroxylation sites is 4. The minimum absolute atomic E-state index is 0.0505. The Morgan fingerprint density at radius 3 is 1.60 bits per heavy atom. The van der Waals surface area contributed by atoms with Gasteiger partial charge in [0.05, 0.1) is 35.3 Å². The van der Waals surface area contributed by atoms with Crippen LogP contribution in [0.15, 0.2) is 133 Å². The van der Waals surface area contributed by atoms with E-state index in [1.807, 2.05) is 40.1 Å². The van der Waals surface area contributed by atoms with E-state index in [9.17, 15) is 28.6 Å². The summed E-state index contributed by atoms with van der Waals surface area (Å²) in [5, 5.41) is 20.9. The van der Waals surface area contributed by atoms with E-state index < -0.39 is 0 Å². The van der Waals surface area contributed by atoms with Crippen molar-refractivity contribution in [2.75, 3.05) is 31.5 Å². The number of aromatic amines is 1. The number of hydrogen-bond donors (Lipinski definition) is 3. The number of hydrogen-bond acceptors (Lipinski definition) is 8. The van der Waals surface area contributed by atoms with Crippen LogP contribution >= 0.6 is 15.9 Å². The molecular weight excluding hydrogens is 1040 g/mol. The number of halogens is 3. The van der Waals surface area contributed by atoms with Crippen LogP contribution in [0.2, 0.25) is 0 Å². The molecule has 8 aromatic rings. The number of aromatic nitrogens is 4. The molecule has 0 unspecified atom stereocenters. The third-order valence-corrected chi connectivity index (χ3v) is 15.1. The molecule has 0 aliphatic carbocycles. The van der Waals surface area contributed by atoms with Gasteiger partial charge < -0.3 is 39.0 Å². The summed E-state index contributed by atoms with van der Waals surface area (Å²) in [6, 6.07) is 38.9. The van der Waals surface area contributed by atoms with E-state index in [-0.39, 0.29) is 49.9 Å². The highest BCUT2D eigenvalue weighted by molar-refractivity contribution is 9.09. The Balaban J connectivity index is 0.000000188. The number of carbonyl (C=O) groups excluding carboxylic acids is 2. The zero-order valence-corrected chi connectivity index (χ0v) is 45.9. The molecular formula is C62H69BrF2N6O6. The van der Waals surface area contributed by atoms with E-state index in [2.05, 4.69) is 71.4 Å². The Bertz CT molecular complexity index is 3200. The molecule has 0 saturated carbocycles. The number of imidazole rings is 2. The molecule has 12 nitrogen and oxygen atoms in total. The van der Waals surface area contributed by atoms with Gasteiger partial charge in [-0.25, -0.2) is 18.7 Å². The second-order valence-electron chi connectivity index (χ2n) is 20.6. The second-order valence-corrected chi connectivity index (χ2v) is 21.2. The lowest BCUT2D eigenvalue weighted by atomic mass is 9.95. The van der Waals surface area contributed by atoms with E-state index in [0.717, 1.165) is 71.7 Å². The Morgan fingerprint density at radius 2 is 1.12 bits per heavy atom.